The van der Waals surface area contributed by atoms with E-state index in [9.17, 15) is 4.79 Å². The fourth-order valence-corrected chi connectivity index (χ4v) is 3.90. The Morgan fingerprint density at radius 2 is 1.64 bits per heavy atom. The molecule has 0 amide bonds. The van der Waals surface area contributed by atoms with Gasteiger partial charge < -0.3 is 5.32 Å². The predicted octanol–water partition coefficient (Wildman–Crippen LogP) is 5.63. The van der Waals surface area contributed by atoms with E-state index in [1.807, 2.05) is 66.7 Å². The van der Waals surface area contributed by atoms with Crippen molar-refractivity contribution in [2.24, 2.45) is 0 Å². The fraction of sp³-hybridized carbons (Fsp3) is 0.130. The van der Waals surface area contributed by atoms with Crippen molar-refractivity contribution in [2.75, 3.05) is 5.32 Å². The largest absolute Gasteiger partial charge is 0.341 e. The van der Waals surface area contributed by atoms with Crippen molar-refractivity contribution in [1.82, 2.24) is 9.55 Å². The molecule has 0 aliphatic rings. The topological polar surface area (TPSA) is 46.9 Å². The summed E-state index contributed by atoms with van der Waals surface area (Å²) in [5.74, 6) is 0.724. The molecule has 4 nitrogen and oxygen atoms in total. The predicted molar refractivity (Wildman–Crippen MR) is 118 cm³/mol. The molecule has 0 fully saturated rings. The first-order valence-electron chi connectivity index (χ1n) is 9.22. The lowest BCUT2D eigenvalue weighted by atomic mass is 10.2. The molecule has 2 aromatic carbocycles. The first-order valence-corrected chi connectivity index (χ1v) is 10.1. The molecule has 0 radical (unpaired) electrons. The van der Waals surface area contributed by atoms with Crippen molar-refractivity contribution in [2.45, 2.75) is 24.1 Å². The Kier molecular flexibility index (Phi) is 5.17. The molecule has 5 heteroatoms. The number of hydrogen-bond donors (Lipinski definition) is 1. The minimum Gasteiger partial charge on any atom is -0.341 e. The van der Waals surface area contributed by atoms with Crippen LogP contribution in [0, 0.1) is 0 Å². The highest BCUT2D eigenvalue weighted by Gasteiger charge is 2.13. The number of fused-ring (bicyclic) bond motifs is 1. The van der Waals surface area contributed by atoms with Gasteiger partial charge in [0.25, 0.3) is 0 Å². The van der Waals surface area contributed by atoms with Gasteiger partial charge in [0.1, 0.15) is 5.82 Å². The normalized spacial score (nSPS) is 11.1. The lowest BCUT2D eigenvalue weighted by molar-refractivity contribution is 1.05. The first-order chi connectivity index (χ1) is 13.6. The van der Waals surface area contributed by atoms with E-state index in [2.05, 4.69) is 28.7 Å². The van der Waals surface area contributed by atoms with Crippen molar-refractivity contribution in [3.63, 3.8) is 0 Å². The summed E-state index contributed by atoms with van der Waals surface area (Å²) in [6.45, 7) is 4.27. The molecule has 4 aromatic rings. The monoisotopic (exact) mass is 387 g/mol. The van der Waals surface area contributed by atoms with E-state index in [-0.39, 0.29) is 5.43 Å². The van der Waals surface area contributed by atoms with Gasteiger partial charge in [0.2, 0.25) is 0 Å². The van der Waals surface area contributed by atoms with Gasteiger partial charge in [-0.1, -0.05) is 50.2 Å². The molecule has 0 spiro atoms. The molecule has 0 saturated heterocycles. The maximum absolute atomic E-state index is 12.8. The number of benzene rings is 2. The summed E-state index contributed by atoms with van der Waals surface area (Å²) in [6.07, 6.45) is 1.69. The number of anilines is 2. The van der Waals surface area contributed by atoms with E-state index in [1.165, 1.54) is 0 Å². The Morgan fingerprint density at radius 3 is 2.32 bits per heavy atom. The van der Waals surface area contributed by atoms with E-state index in [0.29, 0.717) is 10.6 Å². The summed E-state index contributed by atoms with van der Waals surface area (Å²) < 4.78 is 2.08. The van der Waals surface area contributed by atoms with Crippen LogP contribution in [0.15, 0.2) is 88.8 Å². The molecule has 0 saturated carbocycles. The van der Waals surface area contributed by atoms with Crippen LogP contribution in [0.5, 0.6) is 0 Å². The van der Waals surface area contributed by atoms with Gasteiger partial charge in [-0.2, -0.15) is 0 Å². The Morgan fingerprint density at radius 1 is 0.964 bits per heavy atom. The Balaban J connectivity index is 1.98. The van der Waals surface area contributed by atoms with Gasteiger partial charge in [-0.15, -0.1) is 11.8 Å². The highest BCUT2D eigenvalue weighted by molar-refractivity contribution is 7.99. The van der Waals surface area contributed by atoms with Crippen LogP contribution < -0.4 is 10.7 Å². The second-order valence-electron chi connectivity index (χ2n) is 6.76. The third-order valence-electron chi connectivity index (χ3n) is 4.29. The minimum atomic E-state index is -0.0470. The summed E-state index contributed by atoms with van der Waals surface area (Å²) in [7, 11) is 0. The van der Waals surface area contributed by atoms with Gasteiger partial charge in [0.05, 0.1) is 15.9 Å². The SMILES string of the molecule is CC(C)Sc1cc2c(cn1)c(=O)cc(Nc1ccccc1)n2-c1ccccc1. The number of thioether (sulfide) groups is 1. The number of rotatable bonds is 5. The molecule has 2 aromatic heterocycles. The van der Waals surface area contributed by atoms with E-state index >= 15 is 0 Å². The first kappa shape index (κ1) is 18.3. The Bertz CT molecular complexity index is 1160. The van der Waals surface area contributed by atoms with Crippen molar-refractivity contribution in [3.05, 3.63) is 89.2 Å². The molecule has 2 heterocycles. The maximum atomic E-state index is 12.8. The molecular weight excluding hydrogens is 366 g/mol. The van der Waals surface area contributed by atoms with Gasteiger partial charge in [-0.05, 0) is 30.3 Å². The second kappa shape index (κ2) is 7.90. The lowest BCUT2D eigenvalue weighted by Gasteiger charge is -2.19. The fourth-order valence-electron chi connectivity index (χ4n) is 3.12. The average Bonchev–Trinajstić information content (AvgIpc) is 2.69. The zero-order valence-electron chi connectivity index (χ0n) is 15.8. The third kappa shape index (κ3) is 3.80. The van der Waals surface area contributed by atoms with Gasteiger partial charge in [-0.3, -0.25) is 9.36 Å². The van der Waals surface area contributed by atoms with Crippen molar-refractivity contribution in [3.8, 4) is 5.69 Å². The van der Waals surface area contributed by atoms with Crippen LogP contribution >= 0.6 is 11.8 Å². The smallest absolute Gasteiger partial charge is 0.193 e. The quantitative estimate of drug-likeness (QED) is 0.451. The summed E-state index contributed by atoms with van der Waals surface area (Å²) in [5.41, 5.74) is 2.71. The van der Waals surface area contributed by atoms with E-state index < -0.39 is 0 Å². The molecule has 0 atom stereocenters. The minimum absolute atomic E-state index is 0.0470. The molecule has 0 bridgehead atoms. The van der Waals surface area contributed by atoms with Crippen LogP contribution in [-0.4, -0.2) is 14.8 Å². The number of aromatic nitrogens is 2. The number of pyridine rings is 2. The van der Waals surface area contributed by atoms with Crippen LogP contribution in [0.25, 0.3) is 16.6 Å². The number of para-hydroxylation sites is 2. The van der Waals surface area contributed by atoms with Crippen LogP contribution in [-0.2, 0) is 0 Å². The molecule has 1 N–H and O–H groups in total. The highest BCUT2D eigenvalue weighted by atomic mass is 32.2. The van der Waals surface area contributed by atoms with Crippen LogP contribution in [0.2, 0.25) is 0 Å². The molecule has 4 rings (SSSR count). The molecule has 140 valence electrons. The maximum Gasteiger partial charge on any atom is 0.193 e. The van der Waals surface area contributed by atoms with Crippen molar-refractivity contribution >= 4 is 34.2 Å². The Hall–Kier alpha value is -3.05. The van der Waals surface area contributed by atoms with Gasteiger partial charge in [0.15, 0.2) is 5.43 Å². The molecule has 0 aliphatic carbocycles. The zero-order chi connectivity index (χ0) is 19.5. The van der Waals surface area contributed by atoms with Gasteiger partial charge in [0, 0.05) is 28.9 Å². The summed E-state index contributed by atoms with van der Waals surface area (Å²) in [4.78, 5) is 17.3. The summed E-state index contributed by atoms with van der Waals surface area (Å²) in [6, 6.07) is 23.6. The number of nitrogens with zero attached hydrogens (tertiary/aromatic N) is 2. The third-order valence-corrected chi connectivity index (χ3v) is 5.23. The van der Waals surface area contributed by atoms with Crippen LogP contribution in [0.1, 0.15) is 13.8 Å². The molecule has 0 aliphatic heterocycles. The standard InChI is InChI=1S/C23H21N3OS/c1-16(2)28-23-13-20-19(15-24-23)21(27)14-22(25-17-9-5-3-6-10-17)26(20)18-11-7-4-8-12-18/h3-16,25H,1-2H3. The lowest BCUT2D eigenvalue weighted by Crippen LogP contribution is -2.13. The van der Waals surface area contributed by atoms with Gasteiger partial charge >= 0.3 is 0 Å². The van der Waals surface area contributed by atoms with Crippen molar-refractivity contribution in [1.29, 1.82) is 0 Å². The zero-order valence-corrected chi connectivity index (χ0v) is 16.6. The van der Waals surface area contributed by atoms with Gasteiger partial charge in [-0.25, -0.2) is 4.98 Å². The molecular formula is C23H21N3OS. The van der Waals surface area contributed by atoms with E-state index in [4.69, 9.17) is 0 Å². The molecule has 28 heavy (non-hydrogen) atoms. The van der Waals surface area contributed by atoms with Crippen LogP contribution in [0.3, 0.4) is 0 Å². The highest BCUT2D eigenvalue weighted by Crippen LogP contribution is 2.28. The van der Waals surface area contributed by atoms with Crippen LogP contribution in [0.4, 0.5) is 11.5 Å². The summed E-state index contributed by atoms with van der Waals surface area (Å²) in [5, 5.41) is 5.32. The number of hydrogen-bond acceptors (Lipinski definition) is 4. The number of nitrogens with one attached hydrogen (secondary N) is 1. The van der Waals surface area contributed by atoms with E-state index in [1.54, 1.807) is 24.0 Å². The summed E-state index contributed by atoms with van der Waals surface area (Å²) >= 11 is 1.69. The average molecular weight is 388 g/mol. The van der Waals surface area contributed by atoms with E-state index in [0.717, 1.165) is 27.7 Å². The Labute approximate surface area is 168 Å². The van der Waals surface area contributed by atoms with Crippen molar-refractivity contribution < 1.29 is 0 Å². The molecule has 0 unspecified atom stereocenters. The second-order valence-corrected chi connectivity index (χ2v) is 8.36.